The van der Waals surface area contributed by atoms with Gasteiger partial charge < -0.3 is 5.32 Å². The molecular formula is C16H26N2. The van der Waals surface area contributed by atoms with Gasteiger partial charge in [-0.15, -0.1) is 0 Å². The number of piperazine rings is 1. The standard InChI is InChI=1S/C16H26N2/c1-5-16(4)12-18(14(3)10-17-16)11-15-9-7-6-8-13(15)2/h6-9,14,17H,5,10-12H2,1-4H3. The van der Waals surface area contributed by atoms with E-state index in [1.807, 2.05) is 0 Å². The van der Waals surface area contributed by atoms with Crippen molar-refractivity contribution in [2.45, 2.75) is 52.2 Å². The van der Waals surface area contributed by atoms with Gasteiger partial charge in [-0.3, -0.25) is 4.90 Å². The molecule has 1 saturated heterocycles. The van der Waals surface area contributed by atoms with Crippen LogP contribution >= 0.6 is 0 Å². The Balaban J connectivity index is 2.10. The molecule has 1 fully saturated rings. The van der Waals surface area contributed by atoms with Crippen LogP contribution in [-0.2, 0) is 6.54 Å². The van der Waals surface area contributed by atoms with Gasteiger partial charge in [0.15, 0.2) is 0 Å². The van der Waals surface area contributed by atoms with E-state index in [4.69, 9.17) is 0 Å². The Morgan fingerprint density at radius 2 is 2.11 bits per heavy atom. The molecule has 0 spiro atoms. The SMILES string of the molecule is CCC1(C)CN(Cc2ccccc2C)C(C)CN1. The van der Waals surface area contributed by atoms with Crippen LogP contribution < -0.4 is 5.32 Å². The highest BCUT2D eigenvalue weighted by Crippen LogP contribution is 2.21. The number of hydrogen-bond acceptors (Lipinski definition) is 2. The first-order valence-corrected chi connectivity index (χ1v) is 7.07. The van der Waals surface area contributed by atoms with Gasteiger partial charge in [0.2, 0.25) is 0 Å². The Kier molecular flexibility index (Phi) is 4.08. The molecule has 1 aromatic rings. The molecule has 2 rings (SSSR count). The van der Waals surface area contributed by atoms with E-state index in [9.17, 15) is 0 Å². The molecule has 2 unspecified atom stereocenters. The Morgan fingerprint density at radius 3 is 2.78 bits per heavy atom. The van der Waals surface area contributed by atoms with Crippen LogP contribution in [0.1, 0.15) is 38.3 Å². The quantitative estimate of drug-likeness (QED) is 0.882. The van der Waals surface area contributed by atoms with Crippen LogP contribution in [-0.4, -0.2) is 29.6 Å². The molecule has 0 radical (unpaired) electrons. The first kappa shape index (κ1) is 13.6. The Bertz CT molecular complexity index is 402. The zero-order valence-electron chi connectivity index (χ0n) is 12.2. The molecule has 0 bridgehead atoms. The van der Waals surface area contributed by atoms with Crippen LogP contribution in [0.4, 0.5) is 0 Å². The van der Waals surface area contributed by atoms with Crippen molar-refractivity contribution < 1.29 is 0 Å². The van der Waals surface area contributed by atoms with Crippen molar-refractivity contribution >= 4 is 0 Å². The lowest BCUT2D eigenvalue weighted by Crippen LogP contribution is -2.61. The van der Waals surface area contributed by atoms with Crippen molar-refractivity contribution in [1.82, 2.24) is 10.2 Å². The molecule has 0 aliphatic carbocycles. The fraction of sp³-hybridized carbons (Fsp3) is 0.625. The van der Waals surface area contributed by atoms with Gasteiger partial charge >= 0.3 is 0 Å². The lowest BCUT2D eigenvalue weighted by Gasteiger charge is -2.45. The molecule has 2 atom stereocenters. The molecule has 1 heterocycles. The van der Waals surface area contributed by atoms with Gasteiger partial charge in [-0.25, -0.2) is 0 Å². The number of benzene rings is 1. The maximum atomic E-state index is 3.68. The predicted octanol–water partition coefficient (Wildman–Crippen LogP) is 2.96. The summed E-state index contributed by atoms with van der Waals surface area (Å²) in [4.78, 5) is 2.61. The third-order valence-corrected chi connectivity index (χ3v) is 4.41. The van der Waals surface area contributed by atoms with E-state index in [1.165, 1.54) is 17.5 Å². The molecule has 100 valence electrons. The van der Waals surface area contributed by atoms with Crippen LogP contribution in [0, 0.1) is 6.92 Å². The molecule has 2 heteroatoms. The summed E-state index contributed by atoms with van der Waals surface area (Å²) >= 11 is 0. The van der Waals surface area contributed by atoms with E-state index >= 15 is 0 Å². The number of aryl methyl sites for hydroxylation is 1. The summed E-state index contributed by atoms with van der Waals surface area (Å²) in [6, 6.07) is 9.35. The van der Waals surface area contributed by atoms with E-state index in [-0.39, 0.29) is 5.54 Å². The first-order valence-electron chi connectivity index (χ1n) is 7.07. The van der Waals surface area contributed by atoms with E-state index in [0.29, 0.717) is 6.04 Å². The Hall–Kier alpha value is -0.860. The van der Waals surface area contributed by atoms with Crippen LogP contribution in [0.15, 0.2) is 24.3 Å². The van der Waals surface area contributed by atoms with Gasteiger partial charge in [-0.1, -0.05) is 31.2 Å². The van der Waals surface area contributed by atoms with Gasteiger partial charge in [-0.2, -0.15) is 0 Å². The maximum Gasteiger partial charge on any atom is 0.0278 e. The van der Waals surface area contributed by atoms with Crippen LogP contribution in [0.25, 0.3) is 0 Å². The maximum absolute atomic E-state index is 3.68. The lowest BCUT2D eigenvalue weighted by atomic mass is 9.93. The first-order chi connectivity index (χ1) is 8.54. The molecule has 1 N–H and O–H groups in total. The number of nitrogens with zero attached hydrogens (tertiary/aromatic N) is 1. The van der Waals surface area contributed by atoms with E-state index in [2.05, 4.69) is 62.2 Å². The molecule has 1 aliphatic rings. The fourth-order valence-corrected chi connectivity index (χ4v) is 2.64. The van der Waals surface area contributed by atoms with Crippen molar-refractivity contribution in [1.29, 1.82) is 0 Å². The molecule has 1 aliphatic heterocycles. The van der Waals surface area contributed by atoms with Gasteiger partial charge in [0, 0.05) is 31.2 Å². The average Bonchev–Trinajstić information content (AvgIpc) is 2.37. The summed E-state index contributed by atoms with van der Waals surface area (Å²) in [5.41, 5.74) is 3.14. The largest absolute Gasteiger partial charge is 0.309 e. The minimum Gasteiger partial charge on any atom is -0.309 e. The number of rotatable bonds is 3. The average molecular weight is 246 g/mol. The van der Waals surface area contributed by atoms with E-state index in [0.717, 1.165) is 19.6 Å². The lowest BCUT2D eigenvalue weighted by molar-refractivity contribution is 0.0864. The smallest absolute Gasteiger partial charge is 0.0278 e. The highest BCUT2D eigenvalue weighted by Gasteiger charge is 2.32. The topological polar surface area (TPSA) is 15.3 Å². The molecular weight excluding hydrogens is 220 g/mol. The molecule has 0 aromatic heterocycles. The summed E-state index contributed by atoms with van der Waals surface area (Å²) < 4.78 is 0. The minimum absolute atomic E-state index is 0.273. The monoisotopic (exact) mass is 246 g/mol. The number of hydrogen-bond donors (Lipinski definition) is 1. The third kappa shape index (κ3) is 2.93. The van der Waals surface area contributed by atoms with Crippen molar-refractivity contribution in [3.05, 3.63) is 35.4 Å². The molecule has 1 aromatic carbocycles. The molecule has 0 amide bonds. The zero-order chi connectivity index (χ0) is 13.2. The second-order valence-corrected chi connectivity index (χ2v) is 5.98. The van der Waals surface area contributed by atoms with Crippen molar-refractivity contribution in [2.24, 2.45) is 0 Å². The third-order valence-electron chi connectivity index (χ3n) is 4.41. The summed E-state index contributed by atoms with van der Waals surface area (Å²) in [5, 5.41) is 3.68. The van der Waals surface area contributed by atoms with Crippen LogP contribution in [0.5, 0.6) is 0 Å². The molecule has 0 saturated carbocycles. The van der Waals surface area contributed by atoms with Crippen LogP contribution in [0.3, 0.4) is 0 Å². The van der Waals surface area contributed by atoms with Gasteiger partial charge in [0.25, 0.3) is 0 Å². The zero-order valence-corrected chi connectivity index (χ0v) is 12.2. The molecule has 18 heavy (non-hydrogen) atoms. The Morgan fingerprint density at radius 1 is 1.39 bits per heavy atom. The van der Waals surface area contributed by atoms with Crippen LogP contribution in [0.2, 0.25) is 0 Å². The normalized spacial score (nSPS) is 29.4. The summed E-state index contributed by atoms with van der Waals surface area (Å²) in [5.74, 6) is 0. The van der Waals surface area contributed by atoms with Crippen molar-refractivity contribution in [3.63, 3.8) is 0 Å². The number of nitrogens with one attached hydrogen (secondary N) is 1. The van der Waals surface area contributed by atoms with Gasteiger partial charge in [-0.05, 0) is 38.3 Å². The van der Waals surface area contributed by atoms with Crippen molar-refractivity contribution in [3.8, 4) is 0 Å². The van der Waals surface area contributed by atoms with Gasteiger partial charge in [0.1, 0.15) is 0 Å². The fourth-order valence-electron chi connectivity index (χ4n) is 2.64. The van der Waals surface area contributed by atoms with Gasteiger partial charge in [0.05, 0.1) is 0 Å². The highest BCUT2D eigenvalue weighted by atomic mass is 15.2. The summed E-state index contributed by atoms with van der Waals surface area (Å²) in [7, 11) is 0. The van der Waals surface area contributed by atoms with E-state index < -0.39 is 0 Å². The molecule has 2 nitrogen and oxygen atoms in total. The van der Waals surface area contributed by atoms with Crippen molar-refractivity contribution in [2.75, 3.05) is 13.1 Å². The Labute approximate surface area is 111 Å². The second-order valence-electron chi connectivity index (χ2n) is 5.98. The summed E-state index contributed by atoms with van der Waals surface area (Å²) in [6.07, 6.45) is 1.18. The highest BCUT2D eigenvalue weighted by molar-refractivity contribution is 5.25. The van der Waals surface area contributed by atoms with E-state index in [1.54, 1.807) is 0 Å². The predicted molar refractivity (Wildman–Crippen MR) is 77.7 cm³/mol. The summed E-state index contributed by atoms with van der Waals surface area (Å²) in [6.45, 7) is 12.4. The minimum atomic E-state index is 0.273. The second kappa shape index (κ2) is 5.41.